The first kappa shape index (κ1) is 19.0. The Labute approximate surface area is 164 Å². The Kier molecular flexibility index (Phi) is 4.67. The Hall–Kier alpha value is -2.38. The van der Waals surface area contributed by atoms with Gasteiger partial charge in [0.05, 0.1) is 6.20 Å². The summed E-state index contributed by atoms with van der Waals surface area (Å²) in [5.41, 5.74) is 0.619. The van der Waals surface area contributed by atoms with E-state index in [4.69, 9.17) is 4.74 Å². The third-order valence-electron chi connectivity index (χ3n) is 5.44. The highest BCUT2D eigenvalue weighted by Crippen LogP contribution is 2.42. The highest BCUT2D eigenvalue weighted by molar-refractivity contribution is 5.68. The molecule has 4 rings (SSSR count). The maximum absolute atomic E-state index is 14.2. The van der Waals surface area contributed by atoms with Crippen molar-refractivity contribution in [3.63, 3.8) is 0 Å². The van der Waals surface area contributed by atoms with Gasteiger partial charge in [0.25, 0.3) is 0 Å². The van der Waals surface area contributed by atoms with Gasteiger partial charge in [-0.3, -0.25) is 0 Å². The van der Waals surface area contributed by atoms with E-state index in [1.165, 1.54) is 23.6 Å². The zero-order chi connectivity index (χ0) is 20.1. The Morgan fingerprint density at radius 1 is 1.36 bits per heavy atom. The number of aromatic nitrogens is 3. The second kappa shape index (κ2) is 6.90. The number of rotatable bonds is 4. The number of likely N-dealkylation sites (tertiary alicyclic amines) is 1. The van der Waals surface area contributed by atoms with Crippen LogP contribution in [0.5, 0.6) is 0 Å². The molecule has 152 valence electrons. The summed E-state index contributed by atoms with van der Waals surface area (Å²) < 4.78 is 21.2. The van der Waals surface area contributed by atoms with Gasteiger partial charge in [0.15, 0.2) is 11.5 Å². The summed E-state index contributed by atoms with van der Waals surface area (Å²) in [4.78, 5) is 18.5. The van der Waals surface area contributed by atoms with Crippen molar-refractivity contribution in [2.45, 2.75) is 64.5 Å². The third-order valence-corrected chi connectivity index (χ3v) is 5.44. The van der Waals surface area contributed by atoms with Crippen molar-refractivity contribution >= 4 is 17.6 Å². The zero-order valence-corrected chi connectivity index (χ0v) is 16.9. The lowest BCUT2D eigenvalue weighted by atomic mass is 10.0. The van der Waals surface area contributed by atoms with Crippen molar-refractivity contribution in [3.8, 4) is 0 Å². The van der Waals surface area contributed by atoms with E-state index in [9.17, 15) is 9.18 Å². The quantitative estimate of drug-likeness (QED) is 0.861. The molecule has 2 atom stereocenters. The van der Waals surface area contributed by atoms with E-state index in [0.29, 0.717) is 30.7 Å². The minimum atomic E-state index is -0.514. The maximum atomic E-state index is 14.2. The van der Waals surface area contributed by atoms with Gasteiger partial charge in [-0.2, -0.15) is 9.61 Å². The van der Waals surface area contributed by atoms with Crippen LogP contribution in [0.4, 0.5) is 15.0 Å². The molecule has 1 saturated carbocycles. The molecule has 2 fully saturated rings. The largest absolute Gasteiger partial charge is 0.444 e. The highest BCUT2D eigenvalue weighted by atomic mass is 19.1. The van der Waals surface area contributed by atoms with Gasteiger partial charge in [-0.05, 0) is 46.0 Å². The van der Waals surface area contributed by atoms with Crippen LogP contribution < -0.4 is 5.32 Å². The second-order valence-corrected chi connectivity index (χ2v) is 8.98. The highest BCUT2D eigenvalue weighted by Gasteiger charge is 2.32. The standard InChI is InChI=1S/C20H28FN5O2/c1-12(13-5-6-13)16-9-17(26-18(24-16)15(21)10-22-26)23-14-7-8-25(11-14)19(27)28-20(2,3)4/h9-10,12-14,23H,5-8,11H2,1-4H3. The molecule has 1 saturated heterocycles. The number of ether oxygens (including phenoxy) is 1. The van der Waals surface area contributed by atoms with Gasteiger partial charge in [0.1, 0.15) is 11.4 Å². The Bertz CT molecular complexity index is 887. The first-order valence-corrected chi connectivity index (χ1v) is 10.00. The van der Waals surface area contributed by atoms with Crippen LogP contribution in [-0.2, 0) is 4.74 Å². The lowest BCUT2D eigenvalue weighted by molar-refractivity contribution is 0.0293. The van der Waals surface area contributed by atoms with Crippen LogP contribution in [0.15, 0.2) is 12.3 Å². The molecule has 2 aliphatic rings. The first-order chi connectivity index (χ1) is 13.2. The van der Waals surface area contributed by atoms with E-state index in [1.807, 2.05) is 26.8 Å². The molecule has 0 bridgehead atoms. The lowest BCUT2D eigenvalue weighted by Crippen LogP contribution is -2.36. The number of nitrogens with zero attached hydrogens (tertiary/aromatic N) is 4. The molecule has 1 N–H and O–H groups in total. The molecule has 1 aliphatic heterocycles. The number of halogens is 1. The van der Waals surface area contributed by atoms with Crippen molar-refractivity contribution in [1.82, 2.24) is 19.5 Å². The van der Waals surface area contributed by atoms with Crippen LogP contribution in [0.3, 0.4) is 0 Å². The van der Waals surface area contributed by atoms with E-state index in [-0.39, 0.29) is 17.8 Å². The van der Waals surface area contributed by atoms with Crippen LogP contribution in [-0.4, -0.2) is 50.3 Å². The number of hydrogen-bond donors (Lipinski definition) is 1. The Morgan fingerprint density at radius 2 is 2.11 bits per heavy atom. The summed E-state index contributed by atoms with van der Waals surface area (Å²) in [5, 5.41) is 7.58. The smallest absolute Gasteiger partial charge is 0.410 e. The van der Waals surface area contributed by atoms with Gasteiger partial charge >= 0.3 is 6.09 Å². The van der Waals surface area contributed by atoms with E-state index in [0.717, 1.165) is 12.1 Å². The third kappa shape index (κ3) is 3.91. The summed E-state index contributed by atoms with van der Waals surface area (Å²) in [7, 11) is 0. The minimum Gasteiger partial charge on any atom is -0.444 e. The van der Waals surface area contributed by atoms with E-state index < -0.39 is 11.4 Å². The minimum absolute atomic E-state index is 0.0504. The molecule has 1 amide bonds. The van der Waals surface area contributed by atoms with Crippen LogP contribution in [0.1, 0.15) is 58.6 Å². The van der Waals surface area contributed by atoms with Gasteiger partial charge in [0.2, 0.25) is 0 Å². The molecule has 28 heavy (non-hydrogen) atoms. The molecule has 2 aromatic rings. The number of nitrogens with one attached hydrogen (secondary N) is 1. The van der Waals surface area contributed by atoms with Crippen molar-refractivity contribution in [2.75, 3.05) is 18.4 Å². The normalized spacial score (nSPS) is 21.2. The summed E-state index contributed by atoms with van der Waals surface area (Å²) in [5.74, 6) is 1.21. The molecule has 7 nitrogen and oxygen atoms in total. The van der Waals surface area contributed by atoms with E-state index in [1.54, 1.807) is 4.90 Å². The SMILES string of the molecule is CC(c1cc(NC2CCN(C(=O)OC(C)(C)C)C2)n2ncc(F)c2n1)C1CC1. The predicted octanol–water partition coefficient (Wildman–Crippen LogP) is 3.80. The molecule has 3 heterocycles. The molecule has 8 heteroatoms. The van der Waals surface area contributed by atoms with Gasteiger partial charge < -0.3 is 15.0 Å². The molecule has 0 aromatic carbocycles. The van der Waals surface area contributed by atoms with Crippen molar-refractivity contribution in [1.29, 1.82) is 0 Å². The van der Waals surface area contributed by atoms with Crippen molar-refractivity contribution in [3.05, 3.63) is 23.8 Å². The first-order valence-electron chi connectivity index (χ1n) is 10.00. The Balaban J connectivity index is 1.52. The number of hydrogen-bond acceptors (Lipinski definition) is 5. The molecule has 0 radical (unpaired) electrons. The van der Waals surface area contributed by atoms with Crippen LogP contribution in [0, 0.1) is 11.7 Å². The topological polar surface area (TPSA) is 71.8 Å². The average molecular weight is 389 g/mol. The maximum Gasteiger partial charge on any atom is 0.410 e. The molecule has 1 aliphatic carbocycles. The fourth-order valence-corrected chi connectivity index (χ4v) is 3.71. The average Bonchev–Trinajstić information content (AvgIpc) is 3.25. The number of anilines is 1. The number of carbonyl (C=O) groups excluding carboxylic acids is 1. The zero-order valence-electron chi connectivity index (χ0n) is 16.9. The van der Waals surface area contributed by atoms with Crippen molar-refractivity contribution in [2.24, 2.45) is 5.92 Å². The summed E-state index contributed by atoms with van der Waals surface area (Å²) >= 11 is 0. The number of amides is 1. The molecular formula is C20H28FN5O2. The second-order valence-electron chi connectivity index (χ2n) is 8.98. The summed E-state index contributed by atoms with van der Waals surface area (Å²) in [6.45, 7) is 8.89. The van der Waals surface area contributed by atoms with Crippen LogP contribution >= 0.6 is 0 Å². The fraction of sp³-hybridized carbons (Fsp3) is 0.650. The monoisotopic (exact) mass is 389 g/mol. The molecule has 0 spiro atoms. The lowest BCUT2D eigenvalue weighted by Gasteiger charge is -2.24. The fourth-order valence-electron chi connectivity index (χ4n) is 3.71. The van der Waals surface area contributed by atoms with Gasteiger partial charge in [-0.25, -0.2) is 14.2 Å². The predicted molar refractivity (Wildman–Crippen MR) is 104 cm³/mol. The summed E-state index contributed by atoms with van der Waals surface area (Å²) in [6.07, 6.45) is 4.09. The van der Waals surface area contributed by atoms with Crippen molar-refractivity contribution < 1.29 is 13.9 Å². The number of fused-ring (bicyclic) bond motifs is 1. The molecule has 2 unspecified atom stereocenters. The molecular weight excluding hydrogens is 361 g/mol. The van der Waals surface area contributed by atoms with Crippen LogP contribution in [0.2, 0.25) is 0 Å². The number of carbonyl (C=O) groups is 1. The Morgan fingerprint density at radius 3 is 2.79 bits per heavy atom. The summed E-state index contributed by atoms with van der Waals surface area (Å²) in [6, 6.07) is 2.02. The van der Waals surface area contributed by atoms with E-state index in [2.05, 4.69) is 22.3 Å². The van der Waals surface area contributed by atoms with Gasteiger partial charge in [0, 0.05) is 36.8 Å². The van der Waals surface area contributed by atoms with Crippen LogP contribution in [0.25, 0.3) is 5.65 Å². The van der Waals surface area contributed by atoms with E-state index >= 15 is 0 Å². The molecule has 2 aromatic heterocycles. The van der Waals surface area contributed by atoms with Gasteiger partial charge in [-0.15, -0.1) is 0 Å². The van der Waals surface area contributed by atoms with Gasteiger partial charge in [-0.1, -0.05) is 6.92 Å².